The maximum atomic E-state index is 13.4. The number of anilines is 1. The monoisotopic (exact) mass is 568 g/mol. The van der Waals surface area contributed by atoms with Gasteiger partial charge in [0, 0.05) is 29.9 Å². The first kappa shape index (κ1) is 30.6. The first-order valence-electron chi connectivity index (χ1n) is 15.0. The van der Waals surface area contributed by atoms with Crippen molar-refractivity contribution < 1.29 is 4.79 Å². The number of azo groups is 1. The van der Waals surface area contributed by atoms with Gasteiger partial charge >= 0.3 is 0 Å². The average Bonchev–Trinajstić information content (AvgIpc) is 3.35. The number of hydrogen-bond donors (Lipinski definition) is 0. The van der Waals surface area contributed by atoms with Gasteiger partial charge in [-0.1, -0.05) is 62.1 Å². The number of benzene rings is 3. The van der Waals surface area contributed by atoms with Crippen molar-refractivity contribution in [2.75, 3.05) is 18.0 Å². The normalized spacial score (nSPS) is 12.4. The smallest absolute Gasteiger partial charge is 0.231 e. The van der Waals surface area contributed by atoms with Crippen molar-refractivity contribution in [2.45, 2.75) is 81.1 Å². The SMILES string of the molecule is CCCCC(CC)CN(CC)c1cc(C)c(/N=N/c2nc3ccc(C(=O)c4c(C)cc(C)cc4C)cc3s2)cc1C. The molecule has 0 spiro atoms. The van der Waals surface area contributed by atoms with E-state index in [1.54, 1.807) is 0 Å². The Hall–Kier alpha value is -3.38. The Morgan fingerprint density at radius 2 is 1.63 bits per heavy atom. The molecule has 0 N–H and O–H groups in total. The quantitative estimate of drug-likeness (QED) is 0.126. The number of hydrogen-bond acceptors (Lipinski definition) is 6. The van der Waals surface area contributed by atoms with Crippen LogP contribution < -0.4 is 4.90 Å². The maximum absolute atomic E-state index is 13.4. The van der Waals surface area contributed by atoms with Crippen LogP contribution in [0.2, 0.25) is 0 Å². The van der Waals surface area contributed by atoms with Crippen LogP contribution >= 0.6 is 11.3 Å². The Balaban J connectivity index is 1.55. The van der Waals surface area contributed by atoms with Crippen molar-refractivity contribution in [2.24, 2.45) is 16.1 Å². The lowest BCUT2D eigenvalue weighted by Gasteiger charge is -2.30. The molecule has 0 fully saturated rings. The summed E-state index contributed by atoms with van der Waals surface area (Å²) in [6.07, 6.45) is 5.05. The largest absolute Gasteiger partial charge is 0.371 e. The number of carbonyl (C=O) groups excluding carboxylic acids is 1. The molecule has 0 aliphatic heterocycles. The molecule has 216 valence electrons. The highest BCUT2D eigenvalue weighted by Crippen LogP contribution is 2.34. The summed E-state index contributed by atoms with van der Waals surface area (Å²) in [6, 6.07) is 14.2. The molecule has 1 heterocycles. The van der Waals surface area contributed by atoms with Crippen LogP contribution in [0.25, 0.3) is 10.2 Å². The number of nitrogens with zero attached hydrogens (tertiary/aromatic N) is 4. The van der Waals surface area contributed by atoms with E-state index in [4.69, 9.17) is 0 Å². The molecule has 4 aromatic rings. The van der Waals surface area contributed by atoms with Gasteiger partial charge in [-0.3, -0.25) is 4.79 Å². The fraction of sp³-hybridized carbons (Fsp3) is 0.429. The summed E-state index contributed by atoms with van der Waals surface area (Å²) in [4.78, 5) is 20.6. The molecular weight excluding hydrogens is 524 g/mol. The Morgan fingerprint density at radius 3 is 2.29 bits per heavy atom. The van der Waals surface area contributed by atoms with Gasteiger partial charge in [-0.15, -0.1) is 10.2 Å². The lowest BCUT2D eigenvalue weighted by atomic mass is 9.93. The predicted octanol–water partition coefficient (Wildman–Crippen LogP) is 10.5. The number of aryl methyl sites for hydroxylation is 5. The van der Waals surface area contributed by atoms with Crippen LogP contribution in [0.1, 0.15) is 90.2 Å². The van der Waals surface area contributed by atoms with E-state index in [1.807, 2.05) is 32.0 Å². The van der Waals surface area contributed by atoms with E-state index in [0.29, 0.717) is 16.6 Å². The zero-order valence-corrected chi connectivity index (χ0v) is 26.8. The molecule has 0 saturated carbocycles. The van der Waals surface area contributed by atoms with Gasteiger partial charge in [-0.2, -0.15) is 0 Å². The third kappa shape index (κ3) is 7.10. The van der Waals surface area contributed by atoms with Gasteiger partial charge in [-0.25, -0.2) is 4.98 Å². The minimum atomic E-state index is 0.0430. The predicted molar refractivity (Wildman–Crippen MR) is 175 cm³/mol. The fourth-order valence-corrected chi connectivity index (χ4v) is 6.56. The van der Waals surface area contributed by atoms with Gasteiger partial charge in [0.25, 0.3) is 0 Å². The summed E-state index contributed by atoms with van der Waals surface area (Å²) < 4.78 is 0.933. The molecule has 1 unspecified atom stereocenters. The number of ketones is 1. The van der Waals surface area contributed by atoms with Crippen molar-refractivity contribution in [1.82, 2.24) is 4.98 Å². The molecule has 3 aromatic carbocycles. The lowest BCUT2D eigenvalue weighted by molar-refractivity contribution is 0.103. The molecule has 0 amide bonds. The number of aromatic nitrogens is 1. The van der Waals surface area contributed by atoms with Crippen molar-refractivity contribution in [3.63, 3.8) is 0 Å². The first-order valence-corrected chi connectivity index (χ1v) is 15.8. The topological polar surface area (TPSA) is 57.9 Å². The van der Waals surface area contributed by atoms with Crippen LogP contribution in [0.4, 0.5) is 16.5 Å². The second-order valence-electron chi connectivity index (χ2n) is 11.4. The summed E-state index contributed by atoms with van der Waals surface area (Å²) in [5, 5.41) is 9.70. The molecule has 0 aliphatic carbocycles. The second-order valence-corrected chi connectivity index (χ2v) is 12.4. The van der Waals surface area contributed by atoms with Crippen LogP contribution in [0.5, 0.6) is 0 Å². The second kappa shape index (κ2) is 13.5. The third-order valence-corrected chi connectivity index (χ3v) is 8.95. The minimum absolute atomic E-state index is 0.0430. The molecule has 4 rings (SSSR count). The Labute approximate surface area is 249 Å². The zero-order valence-electron chi connectivity index (χ0n) is 26.0. The molecule has 41 heavy (non-hydrogen) atoms. The van der Waals surface area contributed by atoms with Crippen LogP contribution in [0.15, 0.2) is 52.7 Å². The van der Waals surface area contributed by atoms with E-state index in [2.05, 4.69) is 85.9 Å². The van der Waals surface area contributed by atoms with E-state index in [9.17, 15) is 4.79 Å². The van der Waals surface area contributed by atoms with Crippen LogP contribution in [-0.4, -0.2) is 23.9 Å². The van der Waals surface area contributed by atoms with Gasteiger partial charge in [0.15, 0.2) is 5.78 Å². The molecule has 0 aliphatic rings. The Kier molecular flexibility index (Phi) is 10.1. The lowest BCUT2D eigenvalue weighted by Crippen LogP contribution is -2.29. The molecule has 1 atom stereocenters. The molecule has 0 radical (unpaired) electrons. The molecular formula is C35H44N4OS. The van der Waals surface area contributed by atoms with Crippen LogP contribution in [-0.2, 0) is 0 Å². The minimum Gasteiger partial charge on any atom is -0.371 e. The molecule has 0 saturated heterocycles. The van der Waals surface area contributed by atoms with E-state index in [1.165, 1.54) is 53.8 Å². The summed E-state index contributed by atoms with van der Waals surface area (Å²) in [7, 11) is 0. The Bertz CT molecular complexity index is 1550. The highest BCUT2D eigenvalue weighted by atomic mass is 32.1. The summed E-state index contributed by atoms with van der Waals surface area (Å²) >= 11 is 1.46. The van der Waals surface area contributed by atoms with Gasteiger partial charge in [-0.05, 0) is 106 Å². The highest BCUT2D eigenvalue weighted by Gasteiger charge is 2.18. The van der Waals surface area contributed by atoms with Crippen molar-refractivity contribution in [3.05, 3.63) is 81.4 Å². The average molecular weight is 569 g/mol. The molecule has 6 heteroatoms. The van der Waals surface area contributed by atoms with Crippen LogP contribution in [0, 0.1) is 40.5 Å². The maximum Gasteiger partial charge on any atom is 0.231 e. The molecule has 1 aromatic heterocycles. The number of unbranched alkanes of at least 4 members (excludes halogenated alkanes) is 1. The number of rotatable bonds is 12. The fourth-order valence-electron chi connectivity index (χ4n) is 5.74. The van der Waals surface area contributed by atoms with Gasteiger partial charge in [0.2, 0.25) is 5.13 Å². The van der Waals surface area contributed by atoms with Crippen LogP contribution in [0.3, 0.4) is 0 Å². The van der Waals surface area contributed by atoms with E-state index in [-0.39, 0.29) is 5.78 Å². The summed E-state index contributed by atoms with van der Waals surface area (Å²) in [6.45, 7) is 19.2. The third-order valence-electron chi connectivity index (χ3n) is 8.05. The number of carbonyl (C=O) groups is 1. The molecule has 0 bridgehead atoms. The standard InChI is InChI=1S/C35H44N4OS/c1-9-12-13-27(10-2)21-39(11-3)31-19-23(5)30(18-24(31)6)37-38-35-36-29-15-14-28(20-32(29)41-35)34(40)33-25(7)16-22(4)17-26(33)8/h14-20,27H,9-13,21H2,1-8H3/b38-37+. The Morgan fingerprint density at radius 1 is 0.902 bits per heavy atom. The number of fused-ring (bicyclic) bond motifs is 1. The van der Waals surface area contributed by atoms with E-state index in [0.717, 1.165) is 51.2 Å². The van der Waals surface area contributed by atoms with Crippen molar-refractivity contribution in [1.29, 1.82) is 0 Å². The van der Waals surface area contributed by atoms with Gasteiger partial charge in [0.05, 0.1) is 15.9 Å². The summed E-state index contributed by atoms with van der Waals surface area (Å²) in [5.41, 5.74) is 9.92. The highest BCUT2D eigenvalue weighted by molar-refractivity contribution is 7.21. The zero-order chi connectivity index (χ0) is 29.7. The van der Waals surface area contributed by atoms with E-state index < -0.39 is 0 Å². The summed E-state index contributed by atoms with van der Waals surface area (Å²) in [5.74, 6) is 0.759. The number of thiazole rings is 1. The van der Waals surface area contributed by atoms with E-state index >= 15 is 0 Å². The first-order chi connectivity index (χ1) is 19.6. The van der Waals surface area contributed by atoms with Crippen molar-refractivity contribution >= 4 is 43.8 Å². The van der Waals surface area contributed by atoms with Gasteiger partial charge in [0.1, 0.15) is 0 Å². The van der Waals surface area contributed by atoms with Gasteiger partial charge < -0.3 is 4.90 Å². The molecule has 5 nitrogen and oxygen atoms in total. The van der Waals surface area contributed by atoms with Crippen molar-refractivity contribution in [3.8, 4) is 0 Å².